The second-order valence-electron chi connectivity index (χ2n) is 6.19. The Morgan fingerprint density at radius 2 is 1.00 bits per heavy atom. The first-order valence-corrected chi connectivity index (χ1v) is 12.6. The van der Waals surface area contributed by atoms with Crippen LogP contribution in [0, 0.1) is 0 Å². The van der Waals surface area contributed by atoms with Gasteiger partial charge in [0.05, 0.1) is 0 Å². The number of unbranched alkanes of at least 4 members (excludes halogenated alkanes) is 1. The van der Waals surface area contributed by atoms with Gasteiger partial charge in [0.25, 0.3) is 0 Å². The predicted octanol–water partition coefficient (Wildman–Crippen LogP) is 4.49. The van der Waals surface area contributed by atoms with Crippen molar-refractivity contribution >= 4 is 29.0 Å². The second kappa shape index (κ2) is 8.79. The molecule has 4 aromatic rings. The molecule has 0 atom stereocenters. The molecule has 0 aliphatic rings. The van der Waals surface area contributed by atoms with Crippen LogP contribution in [0.5, 0.6) is 0 Å². The van der Waals surface area contributed by atoms with Gasteiger partial charge in [-0.2, -0.15) is 0 Å². The predicted molar refractivity (Wildman–Crippen MR) is 110 cm³/mol. The molecule has 0 amide bonds. The van der Waals surface area contributed by atoms with Crippen LogP contribution in [0.4, 0.5) is 0 Å². The molecule has 26 heavy (non-hydrogen) atoms. The van der Waals surface area contributed by atoms with E-state index in [0.29, 0.717) is 29.0 Å². The Kier molecular flexibility index (Phi) is 5.99. The van der Waals surface area contributed by atoms with Gasteiger partial charge in [-0.1, -0.05) is 0 Å². The Hall–Kier alpha value is -1.70. The number of aromatic nitrogens is 2. The molecule has 0 aliphatic heterocycles. The minimum atomic E-state index is 0.433. The van der Waals surface area contributed by atoms with Gasteiger partial charge in [-0.15, -0.1) is 0 Å². The van der Waals surface area contributed by atoms with Gasteiger partial charge in [-0.05, 0) is 0 Å². The van der Waals surface area contributed by atoms with E-state index in [0.717, 1.165) is 12.8 Å². The van der Waals surface area contributed by atoms with E-state index in [4.69, 9.17) is 9.97 Å². The monoisotopic (exact) mass is 472 g/mol. The summed E-state index contributed by atoms with van der Waals surface area (Å²) in [5.41, 5.74) is 4.82. The topological polar surface area (TPSA) is 25.8 Å². The zero-order valence-corrected chi connectivity index (χ0v) is 17.9. The van der Waals surface area contributed by atoms with Crippen molar-refractivity contribution in [3.05, 3.63) is 79.7 Å². The van der Waals surface area contributed by atoms with Crippen molar-refractivity contribution in [1.29, 1.82) is 0 Å². The molecule has 0 spiro atoms. The first-order valence-electron chi connectivity index (χ1n) is 8.88. The molecular formula is C22H20N2Se2. The summed E-state index contributed by atoms with van der Waals surface area (Å²) in [4.78, 5) is 14.3. The van der Waals surface area contributed by atoms with Crippen molar-refractivity contribution in [2.45, 2.75) is 25.7 Å². The zero-order valence-electron chi connectivity index (χ0n) is 14.5. The minimum absolute atomic E-state index is 0.433. The summed E-state index contributed by atoms with van der Waals surface area (Å²) < 4.78 is 2.77. The summed E-state index contributed by atoms with van der Waals surface area (Å²) in [6.07, 6.45) is 4.69. The van der Waals surface area contributed by atoms with E-state index in [1.807, 2.05) is 0 Å². The SMILES string of the molecule is c1ccc(-c2c[se]c(CCCCc3nc(-c4ccccc4)c[se]3)n2)cc1. The number of hydrogen-bond donors (Lipinski definition) is 0. The van der Waals surface area contributed by atoms with E-state index in [2.05, 4.69) is 70.5 Å². The average Bonchev–Trinajstić information content (AvgIpc) is 3.37. The van der Waals surface area contributed by atoms with Crippen LogP contribution in [0.25, 0.3) is 22.5 Å². The van der Waals surface area contributed by atoms with Gasteiger partial charge in [0.1, 0.15) is 0 Å². The van der Waals surface area contributed by atoms with Crippen LogP contribution in [0.15, 0.2) is 70.5 Å². The van der Waals surface area contributed by atoms with E-state index >= 15 is 0 Å². The maximum atomic E-state index is 4.85. The fourth-order valence-electron chi connectivity index (χ4n) is 2.89. The van der Waals surface area contributed by atoms with Crippen LogP contribution in [-0.2, 0) is 12.8 Å². The van der Waals surface area contributed by atoms with Crippen LogP contribution >= 0.6 is 0 Å². The number of rotatable bonds is 7. The molecule has 0 N–H and O–H groups in total. The second-order valence-corrected chi connectivity index (χ2v) is 10.1. The Balaban J connectivity index is 1.27. The summed E-state index contributed by atoms with van der Waals surface area (Å²) in [6, 6.07) is 21.0. The van der Waals surface area contributed by atoms with Crippen molar-refractivity contribution in [3.8, 4) is 22.5 Å². The van der Waals surface area contributed by atoms with Gasteiger partial charge in [-0.3, -0.25) is 0 Å². The molecule has 2 aromatic carbocycles. The average molecular weight is 470 g/mol. The number of benzene rings is 2. The van der Waals surface area contributed by atoms with E-state index in [-0.39, 0.29) is 0 Å². The molecule has 2 heterocycles. The van der Waals surface area contributed by atoms with Gasteiger partial charge >= 0.3 is 167 Å². The van der Waals surface area contributed by atoms with Crippen LogP contribution < -0.4 is 0 Å². The van der Waals surface area contributed by atoms with Crippen LogP contribution in [0.2, 0.25) is 0 Å². The first kappa shape index (κ1) is 17.7. The first-order chi connectivity index (χ1) is 12.9. The molecule has 2 aromatic heterocycles. The molecule has 0 saturated heterocycles. The summed E-state index contributed by atoms with van der Waals surface area (Å²) in [5.74, 6) is 0. The van der Waals surface area contributed by atoms with Crippen molar-refractivity contribution in [3.63, 3.8) is 0 Å². The molecular weight excluding hydrogens is 450 g/mol. The third-order valence-corrected chi connectivity index (χ3v) is 8.09. The molecule has 0 bridgehead atoms. The Bertz CT molecular complexity index is 863. The number of hydrogen-bond acceptors (Lipinski definition) is 2. The molecule has 4 heteroatoms. The molecule has 0 aliphatic carbocycles. The molecule has 0 radical (unpaired) electrons. The van der Waals surface area contributed by atoms with Crippen molar-refractivity contribution in [2.75, 3.05) is 0 Å². The maximum absolute atomic E-state index is 4.85. The normalized spacial score (nSPS) is 10.9. The summed E-state index contributed by atoms with van der Waals surface area (Å²) in [6.45, 7) is 0. The summed E-state index contributed by atoms with van der Waals surface area (Å²) in [5, 5.41) is 0. The Labute approximate surface area is 166 Å². The molecule has 0 unspecified atom stereocenters. The Morgan fingerprint density at radius 1 is 0.577 bits per heavy atom. The standard InChI is InChI=1S/C22H20N2Se2/c1-3-9-17(10-4-1)19-15-25-21(23-19)13-7-8-14-22-24-20(16-26-22)18-11-5-2-6-12-18/h1-6,9-12,15-16H,7-8,13-14H2. The van der Waals surface area contributed by atoms with Crippen molar-refractivity contribution in [2.24, 2.45) is 0 Å². The van der Waals surface area contributed by atoms with Crippen LogP contribution in [0.1, 0.15) is 22.0 Å². The molecule has 130 valence electrons. The summed E-state index contributed by atoms with van der Waals surface area (Å²) in [7, 11) is 0. The van der Waals surface area contributed by atoms with E-state index in [9.17, 15) is 0 Å². The van der Waals surface area contributed by atoms with E-state index in [1.54, 1.807) is 0 Å². The quantitative estimate of drug-likeness (QED) is 0.294. The third kappa shape index (κ3) is 4.52. The number of nitrogens with zero attached hydrogens (tertiary/aromatic N) is 2. The van der Waals surface area contributed by atoms with Gasteiger partial charge in [0.2, 0.25) is 0 Å². The van der Waals surface area contributed by atoms with Gasteiger partial charge in [0.15, 0.2) is 0 Å². The van der Waals surface area contributed by atoms with Gasteiger partial charge < -0.3 is 0 Å². The fourth-order valence-corrected chi connectivity index (χ4v) is 6.45. The van der Waals surface area contributed by atoms with Crippen LogP contribution in [0.3, 0.4) is 0 Å². The van der Waals surface area contributed by atoms with E-state index < -0.39 is 0 Å². The van der Waals surface area contributed by atoms with E-state index in [1.165, 1.54) is 44.5 Å². The molecule has 0 saturated carbocycles. The fraction of sp³-hybridized carbons (Fsp3) is 0.182. The van der Waals surface area contributed by atoms with Crippen LogP contribution in [-0.4, -0.2) is 39.0 Å². The molecule has 2 nitrogen and oxygen atoms in total. The van der Waals surface area contributed by atoms with Gasteiger partial charge in [0, 0.05) is 0 Å². The van der Waals surface area contributed by atoms with Crippen molar-refractivity contribution in [1.82, 2.24) is 9.97 Å². The Morgan fingerprint density at radius 3 is 1.42 bits per heavy atom. The van der Waals surface area contributed by atoms with Crippen molar-refractivity contribution < 1.29 is 0 Å². The summed E-state index contributed by atoms with van der Waals surface area (Å²) >= 11 is 0.865. The number of aryl methyl sites for hydroxylation is 2. The molecule has 4 rings (SSSR count). The molecule has 0 fully saturated rings. The zero-order chi connectivity index (χ0) is 17.6. The van der Waals surface area contributed by atoms with Gasteiger partial charge in [-0.25, -0.2) is 0 Å². The third-order valence-electron chi connectivity index (χ3n) is 4.27.